The molecule has 17 heavy (non-hydrogen) atoms. The fraction of sp³-hybridized carbons (Fsp3) is 0.182. The second-order valence-corrected chi connectivity index (χ2v) is 3.63. The number of imidazole rings is 1. The minimum Gasteiger partial charge on any atom is -0.546 e. The van der Waals surface area contributed by atoms with E-state index in [0.717, 1.165) is 0 Å². The number of hydrogen-bond donors (Lipinski definition) is 1. The van der Waals surface area contributed by atoms with Gasteiger partial charge in [0.25, 0.3) is 0 Å². The van der Waals surface area contributed by atoms with Crippen molar-refractivity contribution in [2.45, 2.75) is 13.1 Å². The first-order chi connectivity index (χ1) is 8.08. The van der Waals surface area contributed by atoms with E-state index in [-0.39, 0.29) is 13.1 Å². The monoisotopic (exact) mass is 234 g/mol. The van der Waals surface area contributed by atoms with Crippen molar-refractivity contribution >= 4 is 23.0 Å². The van der Waals surface area contributed by atoms with E-state index < -0.39 is 11.9 Å². The highest BCUT2D eigenvalue weighted by Crippen LogP contribution is 2.10. The molecule has 0 radical (unpaired) electrons. The number of carbonyl (C=O) groups excluding carboxylic acids is 1. The quantitative estimate of drug-likeness (QED) is 0.671. The van der Waals surface area contributed by atoms with Crippen molar-refractivity contribution in [2.24, 2.45) is 0 Å². The van der Waals surface area contributed by atoms with Gasteiger partial charge in [0.2, 0.25) is 6.33 Å². The molecule has 0 saturated carbocycles. The minimum atomic E-state index is -1.21. The van der Waals surface area contributed by atoms with Gasteiger partial charge in [-0.25, -0.2) is 13.9 Å². The van der Waals surface area contributed by atoms with Crippen LogP contribution < -0.4 is 9.67 Å². The number of hydrogen-bond acceptors (Lipinski definition) is 3. The number of nitrogens with zero attached hydrogens (tertiary/aromatic N) is 2. The Morgan fingerprint density at radius 3 is 2.71 bits per heavy atom. The Labute approximate surface area is 96.3 Å². The van der Waals surface area contributed by atoms with Gasteiger partial charge in [0, 0.05) is 0 Å². The van der Waals surface area contributed by atoms with E-state index in [4.69, 9.17) is 5.11 Å². The summed E-state index contributed by atoms with van der Waals surface area (Å²) in [5.41, 5.74) is 1.34. The molecule has 0 aliphatic rings. The molecule has 1 aromatic heterocycles. The van der Waals surface area contributed by atoms with E-state index in [2.05, 4.69) is 0 Å². The van der Waals surface area contributed by atoms with Crippen LogP contribution in [0.3, 0.4) is 0 Å². The fourth-order valence-electron chi connectivity index (χ4n) is 1.78. The molecule has 0 unspecified atom stereocenters. The van der Waals surface area contributed by atoms with Crippen LogP contribution in [0.2, 0.25) is 0 Å². The second-order valence-electron chi connectivity index (χ2n) is 3.63. The standard InChI is InChI=1S/C11H10N2O4/c14-10(15)5-12-7-13(6-11(16)17)9-4-2-1-3-8(9)12/h1-4,7H,5-6H2,(H-,14,15,16,17). The van der Waals surface area contributed by atoms with Crippen LogP contribution in [0.15, 0.2) is 30.6 Å². The summed E-state index contributed by atoms with van der Waals surface area (Å²) in [6, 6.07) is 7.00. The van der Waals surface area contributed by atoms with Crippen LogP contribution in [-0.2, 0) is 22.7 Å². The average Bonchev–Trinajstić information content (AvgIpc) is 2.56. The Hall–Kier alpha value is -2.37. The molecular weight excluding hydrogens is 224 g/mol. The third-order valence-corrected chi connectivity index (χ3v) is 2.38. The summed E-state index contributed by atoms with van der Waals surface area (Å²) in [5, 5.41) is 19.3. The molecule has 0 fully saturated rings. The number of aromatic nitrogens is 2. The second kappa shape index (κ2) is 4.25. The summed E-state index contributed by atoms with van der Waals surface area (Å²) in [6.07, 6.45) is 1.47. The van der Waals surface area contributed by atoms with Gasteiger partial charge in [0.05, 0.1) is 5.97 Å². The Morgan fingerprint density at radius 2 is 2.06 bits per heavy atom. The SMILES string of the molecule is O=C([O-])C[n+]1cn(CC(=O)O)c2ccccc21. The Kier molecular flexibility index (Phi) is 2.78. The molecule has 2 rings (SSSR count). The van der Waals surface area contributed by atoms with Gasteiger partial charge in [0.1, 0.15) is 6.54 Å². The molecule has 0 aliphatic heterocycles. The third-order valence-electron chi connectivity index (χ3n) is 2.38. The highest BCUT2D eigenvalue weighted by molar-refractivity contribution is 5.75. The summed E-state index contributed by atoms with van der Waals surface area (Å²) in [6.45, 7) is -0.506. The van der Waals surface area contributed by atoms with Crippen LogP contribution >= 0.6 is 0 Å². The maximum absolute atomic E-state index is 10.7. The molecule has 1 aromatic carbocycles. The van der Waals surface area contributed by atoms with Gasteiger partial charge in [-0.15, -0.1) is 0 Å². The largest absolute Gasteiger partial charge is 0.546 e. The predicted molar refractivity (Wildman–Crippen MR) is 54.8 cm³/mol. The van der Waals surface area contributed by atoms with Crippen molar-refractivity contribution in [1.82, 2.24) is 4.57 Å². The fourth-order valence-corrected chi connectivity index (χ4v) is 1.78. The number of aliphatic carboxylic acids is 2. The molecule has 0 spiro atoms. The first kappa shape index (κ1) is 11.1. The summed E-state index contributed by atoms with van der Waals surface area (Å²) >= 11 is 0. The highest BCUT2D eigenvalue weighted by atomic mass is 16.4. The normalized spacial score (nSPS) is 10.6. The number of fused-ring (bicyclic) bond motifs is 1. The number of benzene rings is 1. The molecule has 2 aromatic rings. The van der Waals surface area contributed by atoms with Gasteiger partial charge in [-0.05, 0) is 12.1 Å². The molecule has 6 nitrogen and oxygen atoms in total. The number of para-hydroxylation sites is 2. The zero-order chi connectivity index (χ0) is 12.4. The molecule has 0 saturated heterocycles. The Bertz CT molecular complexity index is 538. The third kappa shape index (κ3) is 2.25. The molecule has 0 bridgehead atoms. The molecule has 6 heteroatoms. The number of carboxylic acid groups (broad SMARTS) is 2. The zero-order valence-electron chi connectivity index (χ0n) is 8.87. The van der Waals surface area contributed by atoms with Gasteiger partial charge in [0.15, 0.2) is 17.6 Å². The number of carbonyl (C=O) groups is 2. The average molecular weight is 234 g/mol. The van der Waals surface area contributed by atoms with E-state index in [1.807, 2.05) is 0 Å². The summed E-state index contributed by atoms with van der Waals surface area (Å²) in [5.74, 6) is -2.19. The molecular formula is C11H10N2O4. The lowest BCUT2D eigenvalue weighted by Crippen LogP contribution is -2.43. The van der Waals surface area contributed by atoms with Crippen molar-refractivity contribution in [3.8, 4) is 0 Å². The van der Waals surface area contributed by atoms with Gasteiger partial charge < -0.3 is 15.0 Å². The van der Waals surface area contributed by atoms with Crippen molar-refractivity contribution in [1.29, 1.82) is 0 Å². The van der Waals surface area contributed by atoms with Crippen LogP contribution in [0.25, 0.3) is 11.0 Å². The first-order valence-corrected chi connectivity index (χ1v) is 4.97. The summed E-state index contributed by atoms with van der Waals surface area (Å²) in [4.78, 5) is 21.3. The molecule has 1 heterocycles. The van der Waals surface area contributed by atoms with Crippen LogP contribution in [0.5, 0.6) is 0 Å². The van der Waals surface area contributed by atoms with Crippen LogP contribution in [0.1, 0.15) is 0 Å². The molecule has 88 valence electrons. The van der Waals surface area contributed by atoms with Gasteiger partial charge in [-0.1, -0.05) is 12.1 Å². The van der Waals surface area contributed by atoms with E-state index >= 15 is 0 Å². The van der Waals surface area contributed by atoms with E-state index in [9.17, 15) is 14.7 Å². The van der Waals surface area contributed by atoms with E-state index in [0.29, 0.717) is 11.0 Å². The molecule has 0 atom stereocenters. The molecule has 0 aliphatic carbocycles. The summed E-state index contributed by atoms with van der Waals surface area (Å²) in [7, 11) is 0. The zero-order valence-corrected chi connectivity index (χ0v) is 8.87. The molecule has 1 N–H and O–H groups in total. The lowest BCUT2D eigenvalue weighted by atomic mass is 10.3. The van der Waals surface area contributed by atoms with Crippen LogP contribution in [-0.4, -0.2) is 21.6 Å². The Balaban J connectivity index is 2.53. The van der Waals surface area contributed by atoms with Crippen molar-refractivity contribution in [3.63, 3.8) is 0 Å². The summed E-state index contributed by atoms with van der Waals surface area (Å²) < 4.78 is 2.94. The van der Waals surface area contributed by atoms with Gasteiger partial charge >= 0.3 is 5.97 Å². The van der Waals surface area contributed by atoms with Crippen molar-refractivity contribution in [3.05, 3.63) is 30.6 Å². The van der Waals surface area contributed by atoms with Crippen LogP contribution in [0, 0.1) is 0 Å². The number of carboxylic acids is 2. The van der Waals surface area contributed by atoms with Gasteiger partial charge in [-0.2, -0.15) is 0 Å². The first-order valence-electron chi connectivity index (χ1n) is 4.97. The maximum Gasteiger partial charge on any atom is 0.346 e. The van der Waals surface area contributed by atoms with E-state index in [1.54, 1.807) is 24.3 Å². The van der Waals surface area contributed by atoms with E-state index in [1.165, 1.54) is 15.5 Å². The van der Waals surface area contributed by atoms with Crippen LogP contribution in [0.4, 0.5) is 0 Å². The topological polar surface area (TPSA) is 86.2 Å². The predicted octanol–water partition coefficient (Wildman–Crippen LogP) is -1.24. The lowest BCUT2D eigenvalue weighted by Gasteiger charge is -1.97. The Morgan fingerprint density at radius 1 is 1.35 bits per heavy atom. The van der Waals surface area contributed by atoms with Crippen molar-refractivity contribution < 1.29 is 24.4 Å². The van der Waals surface area contributed by atoms with Crippen molar-refractivity contribution in [2.75, 3.05) is 0 Å². The smallest absolute Gasteiger partial charge is 0.346 e. The maximum atomic E-state index is 10.7. The lowest BCUT2D eigenvalue weighted by molar-refractivity contribution is -0.666. The van der Waals surface area contributed by atoms with Gasteiger partial charge in [-0.3, -0.25) is 0 Å². The molecule has 0 amide bonds. The minimum absolute atomic E-state index is 0.208. The number of rotatable bonds is 4. The highest BCUT2D eigenvalue weighted by Gasteiger charge is 2.16.